The van der Waals surface area contributed by atoms with Gasteiger partial charge in [-0.2, -0.15) is 0 Å². The number of thiophene rings is 1. The number of furan rings is 1. The first-order valence-corrected chi connectivity index (χ1v) is 16.9. The molecule has 0 radical (unpaired) electrons. The standard InChI is InChI=1S/C44H26N2OS/c1-2-10-27(11-3-1)28-20-22-30(23-21-28)44-45-41-34-15-6-7-19-39(34)48-43(41)42(46-44)35-17-9-18-38-40(35)36-26-31(24-25-37(36)47-38)33-16-8-13-29-12-4-5-14-32(29)33/h1-26H. The molecule has 0 saturated carbocycles. The molecule has 0 bridgehead atoms. The molecule has 0 unspecified atom stereocenters. The van der Waals surface area contributed by atoms with E-state index in [-0.39, 0.29) is 0 Å². The van der Waals surface area contributed by atoms with Crippen molar-refractivity contribution in [1.82, 2.24) is 9.97 Å². The summed E-state index contributed by atoms with van der Waals surface area (Å²) in [5.74, 6) is 0.710. The molecule has 10 rings (SSSR count). The zero-order valence-corrected chi connectivity index (χ0v) is 26.5. The molecule has 48 heavy (non-hydrogen) atoms. The van der Waals surface area contributed by atoms with E-state index in [0.29, 0.717) is 5.82 Å². The van der Waals surface area contributed by atoms with Gasteiger partial charge in [0.25, 0.3) is 0 Å². The molecule has 3 aromatic heterocycles. The summed E-state index contributed by atoms with van der Waals surface area (Å²) in [7, 11) is 0. The minimum atomic E-state index is 0.710. The van der Waals surface area contributed by atoms with Crippen LogP contribution >= 0.6 is 11.3 Å². The van der Waals surface area contributed by atoms with Gasteiger partial charge in [0, 0.05) is 32.0 Å². The van der Waals surface area contributed by atoms with Crippen LogP contribution in [0.2, 0.25) is 0 Å². The Hall–Kier alpha value is -6.10. The van der Waals surface area contributed by atoms with Crippen LogP contribution in [0.3, 0.4) is 0 Å². The third kappa shape index (κ3) is 4.27. The Balaban J connectivity index is 1.22. The molecular formula is C44H26N2OS. The molecule has 3 heterocycles. The van der Waals surface area contributed by atoms with E-state index in [4.69, 9.17) is 14.4 Å². The van der Waals surface area contributed by atoms with E-state index in [1.54, 1.807) is 11.3 Å². The third-order valence-electron chi connectivity index (χ3n) is 9.32. The van der Waals surface area contributed by atoms with Crippen LogP contribution in [-0.2, 0) is 0 Å². The van der Waals surface area contributed by atoms with Crippen molar-refractivity contribution >= 4 is 64.4 Å². The number of hydrogen-bond acceptors (Lipinski definition) is 4. The smallest absolute Gasteiger partial charge is 0.160 e. The van der Waals surface area contributed by atoms with E-state index in [1.807, 2.05) is 6.07 Å². The van der Waals surface area contributed by atoms with Crippen molar-refractivity contribution in [3.05, 3.63) is 158 Å². The predicted octanol–water partition coefficient (Wildman–Crippen LogP) is 12.6. The highest BCUT2D eigenvalue weighted by Crippen LogP contribution is 2.44. The Kier molecular flexibility index (Phi) is 6.05. The number of benzene rings is 7. The summed E-state index contributed by atoms with van der Waals surface area (Å²) in [4.78, 5) is 10.6. The van der Waals surface area contributed by atoms with Crippen molar-refractivity contribution in [3.63, 3.8) is 0 Å². The molecule has 0 spiro atoms. The van der Waals surface area contributed by atoms with E-state index in [2.05, 4.69) is 152 Å². The maximum atomic E-state index is 6.49. The van der Waals surface area contributed by atoms with Gasteiger partial charge >= 0.3 is 0 Å². The highest BCUT2D eigenvalue weighted by atomic mass is 32.1. The normalized spacial score (nSPS) is 11.8. The summed E-state index contributed by atoms with van der Waals surface area (Å²) in [6.07, 6.45) is 0. The van der Waals surface area contributed by atoms with E-state index >= 15 is 0 Å². The van der Waals surface area contributed by atoms with Crippen molar-refractivity contribution in [1.29, 1.82) is 0 Å². The Labute approximate surface area is 280 Å². The molecule has 0 atom stereocenters. The molecule has 0 fully saturated rings. The van der Waals surface area contributed by atoms with Crippen LogP contribution in [-0.4, -0.2) is 9.97 Å². The Morgan fingerprint density at radius 3 is 2.04 bits per heavy atom. The van der Waals surface area contributed by atoms with Crippen LogP contribution < -0.4 is 0 Å². The minimum Gasteiger partial charge on any atom is -0.456 e. The zero-order valence-electron chi connectivity index (χ0n) is 25.7. The summed E-state index contributed by atoms with van der Waals surface area (Å²) in [5.41, 5.74) is 10.3. The lowest BCUT2D eigenvalue weighted by Crippen LogP contribution is -1.94. The number of hydrogen-bond donors (Lipinski definition) is 0. The van der Waals surface area contributed by atoms with Crippen molar-refractivity contribution in [3.8, 4) is 44.9 Å². The fraction of sp³-hybridized carbons (Fsp3) is 0. The second-order valence-electron chi connectivity index (χ2n) is 12.1. The van der Waals surface area contributed by atoms with Crippen LogP contribution in [0.1, 0.15) is 0 Å². The highest BCUT2D eigenvalue weighted by molar-refractivity contribution is 7.26. The molecule has 0 aliphatic heterocycles. The van der Waals surface area contributed by atoms with Gasteiger partial charge in [0.1, 0.15) is 11.2 Å². The van der Waals surface area contributed by atoms with Crippen LogP contribution in [0.25, 0.3) is 97.9 Å². The molecular weight excluding hydrogens is 605 g/mol. The minimum absolute atomic E-state index is 0.710. The van der Waals surface area contributed by atoms with Gasteiger partial charge in [-0.1, -0.05) is 133 Å². The quantitative estimate of drug-likeness (QED) is 0.194. The van der Waals surface area contributed by atoms with Gasteiger partial charge in [0.15, 0.2) is 5.82 Å². The van der Waals surface area contributed by atoms with E-state index < -0.39 is 0 Å². The SMILES string of the molecule is c1ccc(-c2ccc(-c3nc(-c4cccc5oc6ccc(-c7cccc8ccccc78)cc6c45)c4sc5ccccc5c4n3)cc2)cc1. The molecule has 4 heteroatoms. The van der Waals surface area contributed by atoms with Gasteiger partial charge < -0.3 is 4.42 Å². The molecule has 3 nitrogen and oxygen atoms in total. The monoisotopic (exact) mass is 630 g/mol. The summed E-state index contributed by atoms with van der Waals surface area (Å²) in [5, 5.41) is 5.75. The molecule has 0 N–H and O–H groups in total. The molecule has 0 aliphatic rings. The van der Waals surface area contributed by atoms with Gasteiger partial charge in [-0.05, 0) is 57.3 Å². The Morgan fingerprint density at radius 1 is 0.458 bits per heavy atom. The first kappa shape index (κ1) is 27.1. The average Bonchev–Trinajstić information content (AvgIpc) is 3.73. The fourth-order valence-electron chi connectivity index (χ4n) is 7.01. The van der Waals surface area contributed by atoms with Crippen molar-refractivity contribution in [2.75, 3.05) is 0 Å². The maximum absolute atomic E-state index is 6.49. The first-order chi connectivity index (χ1) is 23.8. The fourth-order valence-corrected chi connectivity index (χ4v) is 8.16. The number of fused-ring (bicyclic) bond motifs is 7. The molecule has 10 aromatic rings. The van der Waals surface area contributed by atoms with E-state index in [1.165, 1.54) is 32.2 Å². The molecule has 224 valence electrons. The van der Waals surface area contributed by atoms with Crippen LogP contribution in [0.15, 0.2) is 162 Å². The van der Waals surface area contributed by atoms with Gasteiger partial charge in [-0.3, -0.25) is 0 Å². The molecule has 0 aliphatic carbocycles. The second kappa shape index (κ2) is 10.7. The van der Waals surface area contributed by atoms with Crippen molar-refractivity contribution < 1.29 is 4.42 Å². The lowest BCUT2D eigenvalue weighted by molar-refractivity contribution is 0.669. The van der Waals surface area contributed by atoms with Crippen LogP contribution in [0.4, 0.5) is 0 Å². The van der Waals surface area contributed by atoms with Gasteiger partial charge in [0.05, 0.1) is 15.9 Å². The number of nitrogens with zero attached hydrogens (tertiary/aromatic N) is 2. The lowest BCUT2D eigenvalue weighted by atomic mass is 9.96. The van der Waals surface area contributed by atoms with E-state index in [0.717, 1.165) is 59.9 Å². The molecule has 7 aromatic carbocycles. The average molecular weight is 631 g/mol. The molecule has 0 saturated heterocycles. The molecule has 0 amide bonds. The lowest BCUT2D eigenvalue weighted by Gasteiger charge is -2.10. The summed E-state index contributed by atoms with van der Waals surface area (Å²) in [6, 6.07) is 55.4. The number of aromatic nitrogens is 2. The van der Waals surface area contributed by atoms with Crippen molar-refractivity contribution in [2.24, 2.45) is 0 Å². The van der Waals surface area contributed by atoms with Gasteiger partial charge in [0.2, 0.25) is 0 Å². The van der Waals surface area contributed by atoms with Crippen LogP contribution in [0, 0.1) is 0 Å². The summed E-state index contributed by atoms with van der Waals surface area (Å²) >= 11 is 1.75. The Morgan fingerprint density at radius 2 is 1.15 bits per heavy atom. The van der Waals surface area contributed by atoms with Gasteiger partial charge in [-0.25, -0.2) is 9.97 Å². The first-order valence-electron chi connectivity index (χ1n) is 16.1. The van der Waals surface area contributed by atoms with Gasteiger partial charge in [-0.15, -0.1) is 11.3 Å². The topological polar surface area (TPSA) is 38.9 Å². The summed E-state index contributed by atoms with van der Waals surface area (Å²) in [6.45, 7) is 0. The largest absolute Gasteiger partial charge is 0.456 e. The maximum Gasteiger partial charge on any atom is 0.160 e. The Bertz CT molecular complexity index is 2830. The summed E-state index contributed by atoms with van der Waals surface area (Å²) < 4.78 is 8.77. The van der Waals surface area contributed by atoms with Crippen LogP contribution in [0.5, 0.6) is 0 Å². The number of rotatable bonds is 4. The van der Waals surface area contributed by atoms with E-state index in [9.17, 15) is 0 Å². The zero-order chi connectivity index (χ0) is 31.6. The highest BCUT2D eigenvalue weighted by Gasteiger charge is 2.21. The predicted molar refractivity (Wildman–Crippen MR) is 201 cm³/mol. The second-order valence-corrected chi connectivity index (χ2v) is 13.2. The third-order valence-corrected chi connectivity index (χ3v) is 10.5. The van der Waals surface area contributed by atoms with Crippen molar-refractivity contribution in [2.45, 2.75) is 0 Å².